The van der Waals surface area contributed by atoms with E-state index in [1.807, 2.05) is 4.90 Å². The van der Waals surface area contributed by atoms with E-state index in [4.69, 9.17) is 0 Å². The maximum Gasteiger partial charge on any atom is 0.255 e. The Balaban J connectivity index is 1.54. The summed E-state index contributed by atoms with van der Waals surface area (Å²) in [6.45, 7) is 3.26. The first-order valence-electron chi connectivity index (χ1n) is 9.71. The zero-order valence-corrected chi connectivity index (χ0v) is 15.2. The van der Waals surface area contributed by atoms with Gasteiger partial charge in [0.25, 0.3) is 5.91 Å². The molecule has 2 fully saturated rings. The third kappa shape index (κ3) is 3.20. The van der Waals surface area contributed by atoms with Crippen molar-refractivity contribution in [3.05, 3.63) is 29.1 Å². The molecule has 1 amide bonds. The van der Waals surface area contributed by atoms with Gasteiger partial charge < -0.3 is 14.9 Å². The van der Waals surface area contributed by atoms with E-state index in [0.29, 0.717) is 6.54 Å². The number of hydrogen-bond acceptors (Lipinski definition) is 4. The van der Waals surface area contributed by atoms with Gasteiger partial charge in [0, 0.05) is 43.5 Å². The average molecular weight is 343 g/mol. The Labute approximate surface area is 150 Å². The maximum absolute atomic E-state index is 13.1. The predicted molar refractivity (Wildman–Crippen MR) is 96.6 cm³/mol. The van der Waals surface area contributed by atoms with E-state index in [9.17, 15) is 9.90 Å². The monoisotopic (exact) mass is 343 g/mol. The van der Waals surface area contributed by atoms with E-state index in [0.717, 1.165) is 57.3 Å². The molecule has 4 rings (SSSR count). The molecule has 0 bridgehead atoms. The highest BCUT2D eigenvalue weighted by Gasteiger charge is 2.45. The topological polar surface area (TPSA) is 56.7 Å². The summed E-state index contributed by atoms with van der Waals surface area (Å²) in [5, 5.41) is 10.7. The van der Waals surface area contributed by atoms with E-state index < -0.39 is 0 Å². The Morgan fingerprint density at radius 2 is 2.08 bits per heavy atom. The summed E-state index contributed by atoms with van der Waals surface area (Å²) in [6, 6.07) is 2.06. The molecule has 1 N–H and O–H groups in total. The molecule has 1 aromatic heterocycles. The summed E-state index contributed by atoms with van der Waals surface area (Å²) in [4.78, 5) is 21.9. The van der Waals surface area contributed by atoms with Crippen molar-refractivity contribution in [3.8, 4) is 0 Å². The fourth-order valence-corrected chi connectivity index (χ4v) is 4.99. The molecule has 2 aliphatic heterocycles. The summed E-state index contributed by atoms with van der Waals surface area (Å²) < 4.78 is 0. The van der Waals surface area contributed by atoms with Crippen molar-refractivity contribution >= 4 is 5.91 Å². The van der Waals surface area contributed by atoms with E-state index in [1.54, 1.807) is 6.20 Å². The standard InChI is InChI=1S/C20H29N3O2/c1-22-10-7-18(24)20(13-22)8-4-9-23(14-20)19(25)16-11-15-5-2-3-6-17(15)21-12-16/h11-12,18,24H,2-10,13-14H2,1H3/t18-,20-/m0/s1. The SMILES string of the molecule is CN1CC[C@H](O)[C@@]2(CCCN(C(=O)c3cnc4c(c3)CCCC4)C2)C1. The van der Waals surface area contributed by atoms with Gasteiger partial charge in [0.05, 0.1) is 11.7 Å². The van der Waals surface area contributed by atoms with Crippen molar-refractivity contribution < 1.29 is 9.90 Å². The molecule has 0 aromatic carbocycles. The predicted octanol–water partition coefficient (Wildman–Crippen LogP) is 1.88. The number of rotatable bonds is 1. The van der Waals surface area contributed by atoms with Crippen LogP contribution in [-0.2, 0) is 12.8 Å². The Bertz CT molecular complexity index is 662. The first-order chi connectivity index (χ1) is 12.1. The largest absolute Gasteiger partial charge is 0.392 e. The van der Waals surface area contributed by atoms with Crippen LogP contribution in [0.5, 0.6) is 0 Å². The lowest BCUT2D eigenvalue weighted by atomic mass is 9.71. The second-order valence-corrected chi connectivity index (χ2v) is 8.27. The molecule has 5 heteroatoms. The zero-order chi connectivity index (χ0) is 17.4. The third-order valence-electron chi connectivity index (χ3n) is 6.39. The molecular weight excluding hydrogens is 314 g/mol. The van der Waals surface area contributed by atoms with Crippen molar-refractivity contribution in [3.63, 3.8) is 0 Å². The van der Waals surface area contributed by atoms with Crippen LogP contribution in [0.25, 0.3) is 0 Å². The molecule has 0 saturated carbocycles. The summed E-state index contributed by atoms with van der Waals surface area (Å²) in [6.07, 6.45) is 8.70. The quantitative estimate of drug-likeness (QED) is 0.846. The van der Waals surface area contributed by atoms with Crippen LogP contribution in [0.1, 0.15) is 53.7 Å². The van der Waals surface area contributed by atoms with Gasteiger partial charge in [-0.05, 0) is 63.6 Å². The van der Waals surface area contributed by atoms with Crippen LogP contribution in [0.2, 0.25) is 0 Å². The van der Waals surface area contributed by atoms with Crippen LogP contribution in [0, 0.1) is 5.41 Å². The lowest BCUT2D eigenvalue weighted by molar-refractivity contribution is -0.0731. The van der Waals surface area contributed by atoms with Gasteiger partial charge in [-0.1, -0.05) is 0 Å². The van der Waals surface area contributed by atoms with Crippen LogP contribution in [0.3, 0.4) is 0 Å². The molecule has 5 nitrogen and oxygen atoms in total. The number of likely N-dealkylation sites (tertiary alicyclic amines) is 2. The molecule has 1 spiro atoms. The van der Waals surface area contributed by atoms with Gasteiger partial charge >= 0.3 is 0 Å². The second-order valence-electron chi connectivity index (χ2n) is 8.27. The number of aliphatic hydroxyl groups is 1. The first kappa shape index (κ1) is 17.0. The highest BCUT2D eigenvalue weighted by atomic mass is 16.3. The van der Waals surface area contributed by atoms with Gasteiger partial charge in [0.15, 0.2) is 0 Å². The molecule has 3 aliphatic rings. The minimum Gasteiger partial charge on any atom is -0.392 e. The van der Waals surface area contributed by atoms with Crippen LogP contribution in [-0.4, -0.2) is 65.1 Å². The molecule has 2 saturated heterocycles. The van der Waals surface area contributed by atoms with Crippen molar-refractivity contribution in [1.82, 2.24) is 14.8 Å². The highest BCUT2D eigenvalue weighted by molar-refractivity contribution is 5.94. The summed E-state index contributed by atoms with van der Waals surface area (Å²) in [5.74, 6) is 0.0837. The van der Waals surface area contributed by atoms with E-state index in [1.165, 1.54) is 24.1 Å². The number of fused-ring (bicyclic) bond motifs is 1. The zero-order valence-electron chi connectivity index (χ0n) is 15.2. The number of piperidine rings is 2. The van der Waals surface area contributed by atoms with Gasteiger partial charge in [0.1, 0.15) is 0 Å². The van der Waals surface area contributed by atoms with Crippen LogP contribution < -0.4 is 0 Å². The molecular formula is C20H29N3O2. The van der Waals surface area contributed by atoms with Crippen molar-refractivity contribution in [2.24, 2.45) is 5.41 Å². The van der Waals surface area contributed by atoms with Gasteiger partial charge in [-0.3, -0.25) is 9.78 Å². The number of carbonyl (C=O) groups is 1. The van der Waals surface area contributed by atoms with Gasteiger partial charge in [-0.2, -0.15) is 0 Å². The van der Waals surface area contributed by atoms with Gasteiger partial charge in [0.2, 0.25) is 0 Å². The normalized spacial score (nSPS) is 30.3. The highest BCUT2D eigenvalue weighted by Crippen LogP contribution is 2.38. The number of carbonyl (C=O) groups excluding carboxylic acids is 1. The molecule has 1 aliphatic carbocycles. The van der Waals surface area contributed by atoms with Crippen molar-refractivity contribution in [2.75, 3.05) is 33.2 Å². The number of nitrogens with zero attached hydrogens (tertiary/aromatic N) is 3. The number of pyridine rings is 1. The molecule has 25 heavy (non-hydrogen) atoms. The summed E-state index contributed by atoms with van der Waals surface area (Å²) in [7, 11) is 2.11. The fourth-order valence-electron chi connectivity index (χ4n) is 4.99. The minimum absolute atomic E-state index is 0.0837. The molecule has 0 radical (unpaired) electrons. The Morgan fingerprint density at radius 3 is 2.96 bits per heavy atom. The van der Waals surface area contributed by atoms with E-state index >= 15 is 0 Å². The van der Waals surface area contributed by atoms with Crippen molar-refractivity contribution in [1.29, 1.82) is 0 Å². The number of aromatic nitrogens is 1. The number of amides is 1. The molecule has 3 heterocycles. The molecule has 1 aromatic rings. The fraction of sp³-hybridized carbons (Fsp3) is 0.700. The molecule has 2 atom stereocenters. The number of aryl methyl sites for hydroxylation is 2. The minimum atomic E-state index is -0.305. The number of hydrogen-bond donors (Lipinski definition) is 1. The molecule has 0 unspecified atom stereocenters. The van der Waals surface area contributed by atoms with Crippen molar-refractivity contribution in [2.45, 2.75) is 51.0 Å². The van der Waals surface area contributed by atoms with E-state index in [-0.39, 0.29) is 17.4 Å². The van der Waals surface area contributed by atoms with Gasteiger partial charge in [-0.15, -0.1) is 0 Å². The third-order valence-corrected chi connectivity index (χ3v) is 6.39. The van der Waals surface area contributed by atoms with Crippen LogP contribution in [0.15, 0.2) is 12.3 Å². The number of aliphatic hydroxyl groups excluding tert-OH is 1. The Morgan fingerprint density at radius 1 is 1.24 bits per heavy atom. The summed E-state index contributed by atoms with van der Waals surface area (Å²) >= 11 is 0. The van der Waals surface area contributed by atoms with Crippen LogP contribution >= 0.6 is 0 Å². The maximum atomic E-state index is 13.1. The average Bonchev–Trinajstić information content (AvgIpc) is 2.64. The first-order valence-corrected chi connectivity index (χ1v) is 9.71. The second kappa shape index (κ2) is 6.69. The summed E-state index contributed by atoms with van der Waals surface area (Å²) in [5.41, 5.74) is 2.97. The molecule has 136 valence electrons. The smallest absolute Gasteiger partial charge is 0.255 e. The Hall–Kier alpha value is -1.46. The lowest BCUT2D eigenvalue weighted by Crippen LogP contribution is -2.59. The Kier molecular flexibility index (Phi) is 4.54. The van der Waals surface area contributed by atoms with Gasteiger partial charge in [-0.25, -0.2) is 0 Å². The lowest BCUT2D eigenvalue weighted by Gasteiger charge is -2.50. The van der Waals surface area contributed by atoms with E-state index in [2.05, 4.69) is 23.0 Å². The van der Waals surface area contributed by atoms with Crippen LogP contribution in [0.4, 0.5) is 0 Å².